The Balaban J connectivity index is 2.28. The van der Waals surface area contributed by atoms with Crippen molar-refractivity contribution in [3.8, 4) is 5.88 Å². The molecule has 4 heteroatoms. The van der Waals surface area contributed by atoms with Crippen molar-refractivity contribution in [1.82, 2.24) is 4.98 Å². The summed E-state index contributed by atoms with van der Waals surface area (Å²) in [4.78, 5) is 16.2. The van der Waals surface area contributed by atoms with Crippen LogP contribution in [-0.2, 0) is 0 Å². The third-order valence-corrected chi connectivity index (χ3v) is 3.06. The van der Waals surface area contributed by atoms with Crippen LogP contribution in [0.15, 0.2) is 36.5 Å². The number of nitrogens with one attached hydrogen (secondary N) is 1. The molecule has 0 saturated heterocycles. The molecule has 19 heavy (non-hydrogen) atoms. The number of amides is 1. The summed E-state index contributed by atoms with van der Waals surface area (Å²) in [7, 11) is 1.50. The Labute approximate surface area is 112 Å². The zero-order valence-electron chi connectivity index (χ0n) is 11.2. The Morgan fingerprint density at radius 1 is 1.21 bits per heavy atom. The van der Waals surface area contributed by atoms with E-state index in [0.717, 1.165) is 16.8 Å². The Kier molecular flexibility index (Phi) is 3.80. The van der Waals surface area contributed by atoms with Crippen LogP contribution in [0.5, 0.6) is 5.88 Å². The lowest BCUT2D eigenvalue weighted by Gasteiger charge is -2.11. The zero-order chi connectivity index (χ0) is 13.8. The van der Waals surface area contributed by atoms with Crippen LogP contribution in [0.4, 0.5) is 5.69 Å². The minimum Gasteiger partial charge on any atom is -0.480 e. The summed E-state index contributed by atoms with van der Waals surface area (Å²) in [6.45, 7) is 3.99. The number of pyridine rings is 1. The lowest BCUT2D eigenvalue weighted by atomic mass is 10.1. The highest BCUT2D eigenvalue weighted by Crippen LogP contribution is 2.20. The molecular weight excluding hydrogens is 240 g/mol. The minimum atomic E-state index is -0.223. The van der Waals surface area contributed by atoms with Gasteiger partial charge in [-0.1, -0.05) is 12.1 Å². The van der Waals surface area contributed by atoms with E-state index >= 15 is 0 Å². The van der Waals surface area contributed by atoms with Crippen LogP contribution in [0.1, 0.15) is 21.5 Å². The second-order valence-electron chi connectivity index (χ2n) is 4.26. The Bertz CT molecular complexity index is 609. The Hall–Kier alpha value is -2.36. The molecule has 0 aliphatic rings. The molecule has 1 heterocycles. The number of carbonyl (C=O) groups is 1. The van der Waals surface area contributed by atoms with Crippen molar-refractivity contribution < 1.29 is 9.53 Å². The summed E-state index contributed by atoms with van der Waals surface area (Å²) < 4.78 is 5.09. The van der Waals surface area contributed by atoms with Gasteiger partial charge in [0.1, 0.15) is 5.56 Å². The second kappa shape index (κ2) is 5.52. The molecule has 0 bridgehead atoms. The maximum absolute atomic E-state index is 12.2. The van der Waals surface area contributed by atoms with Crippen LogP contribution in [-0.4, -0.2) is 18.0 Å². The topological polar surface area (TPSA) is 51.2 Å². The normalized spacial score (nSPS) is 10.1. The number of nitrogens with zero attached hydrogens (tertiary/aromatic N) is 1. The number of anilines is 1. The molecule has 0 atom stereocenters. The van der Waals surface area contributed by atoms with Gasteiger partial charge >= 0.3 is 0 Å². The number of aryl methyl sites for hydroxylation is 1. The molecule has 0 radical (unpaired) electrons. The van der Waals surface area contributed by atoms with Crippen LogP contribution >= 0.6 is 0 Å². The molecular formula is C15H16N2O2. The van der Waals surface area contributed by atoms with Gasteiger partial charge in [-0.05, 0) is 43.2 Å². The zero-order valence-corrected chi connectivity index (χ0v) is 11.2. The Morgan fingerprint density at radius 2 is 2.00 bits per heavy atom. The Morgan fingerprint density at radius 3 is 2.74 bits per heavy atom. The summed E-state index contributed by atoms with van der Waals surface area (Å²) in [5, 5.41) is 2.88. The van der Waals surface area contributed by atoms with Gasteiger partial charge in [-0.3, -0.25) is 4.79 Å². The first-order valence-corrected chi connectivity index (χ1v) is 6.00. The molecule has 2 aromatic rings. The van der Waals surface area contributed by atoms with E-state index in [1.807, 2.05) is 32.0 Å². The predicted molar refractivity (Wildman–Crippen MR) is 74.7 cm³/mol. The van der Waals surface area contributed by atoms with E-state index in [0.29, 0.717) is 11.4 Å². The molecule has 2 rings (SSSR count). The summed E-state index contributed by atoms with van der Waals surface area (Å²) >= 11 is 0. The fourth-order valence-corrected chi connectivity index (χ4v) is 1.80. The number of hydrogen-bond donors (Lipinski definition) is 1. The van der Waals surface area contributed by atoms with Crippen molar-refractivity contribution in [2.45, 2.75) is 13.8 Å². The molecule has 1 amide bonds. The van der Waals surface area contributed by atoms with E-state index in [-0.39, 0.29) is 5.91 Å². The highest BCUT2D eigenvalue weighted by molar-refractivity contribution is 6.06. The highest BCUT2D eigenvalue weighted by Gasteiger charge is 2.13. The van der Waals surface area contributed by atoms with Crippen LogP contribution in [0.2, 0.25) is 0 Å². The second-order valence-corrected chi connectivity index (χ2v) is 4.26. The minimum absolute atomic E-state index is 0.223. The quantitative estimate of drug-likeness (QED) is 0.918. The monoisotopic (exact) mass is 256 g/mol. The van der Waals surface area contributed by atoms with Gasteiger partial charge in [-0.2, -0.15) is 0 Å². The number of carbonyl (C=O) groups excluding carboxylic acids is 1. The van der Waals surface area contributed by atoms with Crippen LogP contribution < -0.4 is 10.1 Å². The van der Waals surface area contributed by atoms with Gasteiger partial charge in [0, 0.05) is 11.9 Å². The number of ether oxygens (including phenoxy) is 1. The number of aromatic nitrogens is 1. The summed E-state index contributed by atoms with van der Waals surface area (Å²) in [5.74, 6) is 0.101. The molecule has 1 aromatic carbocycles. The molecule has 0 aliphatic heterocycles. The first kappa shape index (κ1) is 13.1. The van der Waals surface area contributed by atoms with Gasteiger partial charge in [0.25, 0.3) is 5.91 Å². The lowest BCUT2D eigenvalue weighted by Crippen LogP contribution is -2.14. The van der Waals surface area contributed by atoms with Gasteiger partial charge in [-0.25, -0.2) is 4.98 Å². The molecule has 0 fully saturated rings. The van der Waals surface area contributed by atoms with Crippen molar-refractivity contribution in [3.63, 3.8) is 0 Å². The molecule has 0 unspecified atom stereocenters. The van der Waals surface area contributed by atoms with E-state index < -0.39 is 0 Å². The molecule has 0 aliphatic carbocycles. The number of benzene rings is 1. The van der Waals surface area contributed by atoms with Crippen molar-refractivity contribution >= 4 is 11.6 Å². The summed E-state index contributed by atoms with van der Waals surface area (Å²) in [5.41, 5.74) is 3.41. The van der Waals surface area contributed by atoms with E-state index in [1.165, 1.54) is 7.11 Å². The molecule has 0 spiro atoms. The SMILES string of the molecule is COc1ncccc1C(=O)Nc1cccc(C)c1C. The van der Waals surface area contributed by atoms with Crippen LogP contribution in [0.3, 0.4) is 0 Å². The molecule has 0 saturated carbocycles. The largest absolute Gasteiger partial charge is 0.480 e. The highest BCUT2D eigenvalue weighted by atomic mass is 16.5. The third kappa shape index (κ3) is 2.73. The predicted octanol–water partition coefficient (Wildman–Crippen LogP) is 2.96. The fraction of sp³-hybridized carbons (Fsp3) is 0.200. The smallest absolute Gasteiger partial charge is 0.261 e. The number of methoxy groups -OCH3 is 1. The maximum atomic E-state index is 12.2. The van der Waals surface area contributed by atoms with Crippen LogP contribution in [0, 0.1) is 13.8 Å². The maximum Gasteiger partial charge on any atom is 0.261 e. The van der Waals surface area contributed by atoms with Crippen molar-refractivity contribution in [2.24, 2.45) is 0 Å². The van der Waals surface area contributed by atoms with Gasteiger partial charge in [-0.15, -0.1) is 0 Å². The van der Waals surface area contributed by atoms with E-state index in [9.17, 15) is 4.79 Å². The first-order chi connectivity index (χ1) is 9.13. The van der Waals surface area contributed by atoms with E-state index in [2.05, 4.69) is 10.3 Å². The summed E-state index contributed by atoms with van der Waals surface area (Å²) in [6, 6.07) is 9.20. The number of hydrogen-bond acceptors (Lipinski definition) is 3. The summed E-state index contributed by atoms with van der Waals surface area (Å²) in [6.07, 6.45) is 1.59. The molecule has 1 N–H and O–H groups in total. The third-order valence-electron chi connectivity index (χ3n) is 3.06. The molecule has 4 nitrogen and oxygen atoms in total. The van der Waals surface area contributed by atoms with Crippen molar-refractivity contribution in [1.29, 1.82) is 0 Å². The van der Waals surface area contributed by atoms with Gasteiger partial charge in [0.05, 0.1) is 7.11 Å². The average molecular weight is 256 g/mol. The molecule has 1 aromatic heterocycles. The molecule has 98 valence electrons. The standard InChI is InChI=1S/C15H16N2O2/c1-10-6-4-8-13(11(10)2)17-14(18)12-7-5-9-16-15(12)19-3/h4-9H,1-3H3,(H,17,18). The van der Waals surface area contributed by atoms with E-state index in [1.54, 1.807) is 18.3 Å². The van der Waals surface area contributed by atoms with Crippen molar-refractivity contribution in [3.05, 3.63) is 53.2 Å². The van der Waals surface area contributed by atoms with Gasteiger partial charge < -0.3 is 10.1 Å². The lowest BCUT2D eigenvalue weighted by molar-refractivity contribution is 0.102. The number of rotatable bonds is 3. The van der Waals surface area contributed by atoms with Crippen LogP contribution in [0.25, 0.3) is 0 Å². The van der Waals surface area contributed by atoms with Gasteiger partial charge in [0.15, 0.2) is 0 Å². The first-order valence-electron chi connectivity index (χ1n) is 6.00. The van der Waals surface area contributed by atoms with E-state index in [4.69, 9.17) is 4.74 Å². The fourth-order valence-electron chi connectivity index (χ4n) is 1.80. The van der Waals surface area contributed by atoms with Crippen molar-refractivity contribution in [2.75, 3.05) is 12.4 Å². The van der Waals surface area contributed by atoms with Gasteiger partial charge in [0.2, 0.25) is 5.88 Å². The average Bonchev–Trinajstić information content (AvgIpc) is 2.43.